The van der Waals surface area contributed by atoms with E-state index in [4.69, 9.17) is 4.74 Å². The van der Waals surface area contributed by atoms with Gasteiger partial charge in [0.25, 0.3) is 0 Å². The molecule has 1 rings (SSSR count). The Hall–Kier alpha value is -1.32. The first-order valence-corrected chi connectivity index (χ1v) is 6.42. The zero-order valence-corrected chi connectivity index (χ0v) is 11.5. The van der Waals surface area contributed by atoms with Crippen LogP contribution in [0.1, 0.15) is 46.5 Å². The highest BCUT2D eigenvalue weighted by Gasteiger charge is 2.24. The van der Waals surface area contributed by atoms with Crippen LogP contribution < -0.4 is 0 Å². The number of carbonyl (C=O) groups excluding carboxylic acids is 2. The van der Waals surface area contributed by atoms with Gasteiger partial charge in [0.1, 0.15) is 6.42 Å². The molecule has 0 radical (unpaired) electrons. The highest BCUT2D eigenvalue weighted by molar-refractivity contribution is 5.91. The second-order valence-electron chi connectivity index (χ2n) is 5.36. The van der Waals surface area contributed by atoms with Crippen molar-refractivity contribution < 1.29 is 19.1 Å². The molecule has 0 atom stereocenters. The van der Waals surface area contributed by atoms with E-state index in [9.17, 15) is 9.59 Å². The minimum atomic E-state index is -0.524. The van der Waals surface area contributed by atoms with E-state index in [-0.39, 0.29) is 13.0 Å². The predicted molar refractivity (Wildman–Crippen MR) is 67.9 cm³/mol. The van der Waals surface area contributed by atoms with Gasteiger partial charge in [0.05, 0.1) is 13.2 Å². The monoisotopic (exact) mass is 254 g/mol. The third-order valence-electron chi connectivity index (χ3n) is 2.93. The Labute approximate surface area is 108 Å². The number of ether oxygens (including phenoxy) is 2. The van der Waals surface area contributed by atoms with Gasteiger partial charge in [-0.2, -0.15) is 0 Å². The smallest absolute Gasteiger partial charge is 0.317 e. The van der Waals surface area contributed by atoms with Crippen LogP contribution in [0.15, 0.2) is 11.6 Å². The molecule has 1 aliphatic rings. The van der Waals surface area contributed by atoms with Gasteiger partial charge >= 0.3 is 11.9 Å². The fourth-order valence-corrected chi connectivity index (χ4v) is 2.05. The van der Waals surface area contributed by atoms with Crippen molar-refractivity contribution in [3.8, 4) is 0 Å². The third kappa shape index (κ3) is 5.34. The summed E-state index contributed by atoms with van der Waals surface area (Å²) in [5.41, 5.74) is 1.67. The highest BCUT2D eigenvalue weighted by Crippen LogP contribution is 2.37. The molecule has 102 valence electrons. The summed E-state index contributed by atoms with van der Waals surface area (Å²) >= 11 is 0. The van der Waals surface area contributed by atoms with Crippen molar-refractivity contribution in [2.45, 2.75) is 46.5 Å². The highest BCUT2D eigenvalue weighted by atomic mass is 16.6. The van der Waals surface area contributed by atoms with Crippen LogP contribution in [0.5, 0.6) is 0 Å². The summed E-state index contributed by atoms with van der Waals surface area (Å²) in [6.07, 6.45) is 4.83. The molecular formula is C14H22O4. The zero-order valence-electron chi connectivity index (χ0n) is 11.5. The topological polar surface area (TPSA) is 52.6 Å². The number of allylic oxidation sites excluding steroid dienone is 1. The number of rotatable bonds is 6. The molecule has 18 heavy (non-hydrogen) atoms. The Morgan fingerprint density at radius 2 is 1.94 bits per heavy atom. The summed E-state index contributed by atoms with van der Waals surface area (Å²) in [6.45, 7) is 6.79. The first-order chi connectivity index (χ1) is 8.43. The summed E-state index contributed by atoms with van der Waals surface area (Å²) in [4.78, 5) is 22.3. The fraction of sp³-hybridized carbons (Fsp3) is 0.714. The first kappa shape index (κ1) is 14.7. The third-order valence-corrected chi connectivity index (χ3v) is 2.93. The van der Waals surface area contributed by atoms with E-state index in [0.29, 0.717) is 12.0 Å². The lowest BCUT2D eigenvalue weighted by Gasteiger charge is -2.16. The Kier molecular flexibility index (Phi) is 5.38. The number of hydrogen-bond donors (Lipinski definition) is 0. The summed E-state index contributed by atoms with van der Waals surface area (Å²) < 4.78 is 9.68. The van der Waals surface area contributed by atoms with Crippen LogP contribution >= 0.6 is 0 Å². The maximum absolute atomic E-state index is 11.3. The molecule has 0 aromatic rings. The molecule has 0 unspecified atom stereocenters. The van der Waals surface area contributed by atoms with Crippen molar-refractivity contribution in [1.29, 1.82) is 0 Å². The van der Waals surface area contributed by atoms with Gasteiger partial charge in [0, 0.05) is 6.42 Å². The summed E-state index contributed by atoms with van der Waals surface area (Å²) in [7, 11) is 0. The standard InChI is InChI=1S/C14H22O4/c1-4-17-12(15)9-13(16)18-8-6-11-5-7-14(2,3)10-11/h5H,4,6-10H2,1-3H3. The molecular weight excluding hydrogens is 232 g/mol. The Morgan fingerprint density at radius 1 is 1.28 bits per heavy atom. The first-order valence-electron chi connectivity index (χ1n) is 6.42. The van der Waals surface area contributed by atoms with Crippen molar-refractivity contribution in [2.75, 3.05) is 13.2 Å². The summed E-state index contributed by atoms with van der Waals surface area (Å²) in [6, 6.07) is 0. The van der Waals surface area contributed by atoms with Gasteiger partial charge in [0.2, 0.25) is 0 Å². The van der Waals surface area contributed by atoms with E-state index in [0.717, 1.165) is 19.3 Å². The van der Waals surface area contributed by atoms with Gasteiger partial charge in [-0.05, 0) is 25.2 Å². The molecule has 0 aromatic heterocycles. The van der Waals surface area contributed by atoms with E-state index in [1.165, 1.54) is 5.57 Å². The quantitative estimate of drug-likeness (QED) is 0.415. The summed E-state index contributed by atoms with van der Waals surface area (Å²) in [5.74, 6) is -1.03. The van der Waals surface area contributed by atoms with Gasteiger partial charge in [-0.25, -0.2) is 0 Å². The van der Waals surface area contributed by atoms with Crippen LogP contribution in [0, 0.1) is 5.41 Å². The van der Waals surface area contributed by atoms with Crippen LogP contribution in [0.3, 0.4) is 0 Å². The van der Waals surface area contributed by atoms with Crippen LogP contribution in [0.4, 0.5) is 0 Å². The van der Waals surface area contributed by atoms with Gasteiger partial charge in [-0.3, -0.25) is 9.59 Å². The molecule has 4 heteroatoms. The molecule has 0 heterocycles. The lowest BCUT2D eigenvalue weighted by Crippen LogP contribution is -2.14. The fourth-order valence-electron chi connectivity index (χ4n) is 2.05. The number of esters is 2. The van der Waals surface area contributed by atoms with Crippen molar-refractivity contribution in [3.63, 3.8) is 0 Å². The second-order valence-corrected chi connectivity index (χ2v) is 5.36. The van der Waals surface area contributed by atoms with Gasteiger partial charge in [-0.15, -0.1) is 0 Å². The Morgan fingerprint density at radius 3 is 2.50 bits per heavy atom. The van der Waals surface area contributed by atoms with Crippen LogP contribution in [0.25, 0.3) is 0 Å². The Balaban J connectivity index is 2.15. The van der Waals surface area contributed by atoms with Crippen molar-refractivity contribution in [3.05, 3.63) is 11.6 Å². The van der Waals surface area contributed by atoms with E-state index in [2.05, 4.69) is 24.7 Å². The lowest BCUT2D eigenvalue weighted by atomic mass is 9.89. The molecule has 0 saturated carbocycles. The molecule has 0 spiro atoms. The van der Waals surface area contributed by atoms with E-state index >= 15 is 0 Å². The normalized spacial score (nSPS) is 17.2. The largest absolute Gasteiger partial charge is 0.466 e. The van der Waals surface area contributed by atoms with E-state index in [1.54, 1.807) is 6.92 Å². The van der Waals surface area contributed by atoms with Crippen molar-refractivity contribution in [2.24, 2.45) is 5.41 Å². The molecule has 0 fully saturated rings. The van der Waals surface area contributed by atoms with Crippen molar-refractivity contribution in [1.82, 2.24) is 0 Å². The van der Waals surface area contributed by atoms with E-state index in [1.807, 2.05) is 0 Å². The molecule has 0 saturated heterocycles. The lowest BCUT2D eigenvalue weighted by molar-refractivity contribution is -0.154. The van der Waals surface area contributed by atoms with Crippen LogP contribution in [-0.2, 0) is 19.1 Å². The average molecular weight is 254 g/mol. The molecule has 0 amide bonds. The maximum atomic E-state index is 11.3. The summed E-state index contributed by atoms with van der Waals surface area (Å²) in [5, 5.41) is 0. The van der Waals surface area contributed by atoms with Gasteiger partial charge < -0.3 is 9.47 Å². The second kappa shape index (κ2) is 6.57. The zero-order chi connectivity index (χ0) is 13.6. The maximum Gasteiger partial charge on any atom is 0.317 e. The average Bonchev–Trinajstić information content (AvgIpc) is 2.58. The Bertz CT molecular complexity index is 342. The molecule has 0 aliphatic heterocycles. The van der Waals surface area contributed by atoms with Crippen molar-refractivity contribution >= 4 is 11.9 Å². The number of hydrogen-bond acceptors (Lipinski definition) is 4. The van der Waals surface area contributed by atoms with Gasteiger partial charge in [-0.1, -0.05) is 25.5 Å². The molecule has 0 bridgehead atoms. The van der Waals surface area contributed by atoms with Crippen LogP contribution in [-0.4, -0.2) is 25.2 Å². The molecule has 0 aromatic carbocycles. The molecule has 4 nitrogen and oxygen atoms in total. The van der Waals surface area contributed by atoms with Gasteiger partial charge in [0.15, 0.2) is 0 Å². The van der Waals surface area contributed by atoms with Crippen LogP contribution in [0.2, 0.25) is 0 Å². The minimum Gasteiger partial charge on any atom is -0.466 e. The molecule has 0 N–H and O–H groups in total. The molecule has 1 aliphatic carbocycles. The predicted octanol–water partition coefficient (Wildman–Crippen LogP) is 2.62. The minimum absolute atomic E-state index is 0.286. The number of carbonyl (C=O) groups is 2. The SMILES string of the molecule is CCOC(=O)CC(=O)OCCC1=CCC(C)(C)C1. The van der Waals surface area contributed by atoms with E-state index < -0.39 is 11.9 Å².